The summed E-state index contributed by atoms with van der Waals surface area (Å²) in [6, 6.07) is 4.22. The highest BCUT2D eigenvalue weighted by Crippen LogP contribution is 2.24. The smallest absolute Gasteiger partial charge is 0.251 e. The number of methoxy groups -OCH3 is 1. The largest absolute Gasteiger partial charge is 0.393 e. The van der Waals surface area contributed by atoms with Crippen molar-refractivity contribution in [1.29, 1.82) is 0 Å². The van der Waals surface area contributed by atoms with Gasteiger partial charge in [-0.15, -0.1) is 0 Å². The summed E-state index contributed by atoms with van der Waals surface area (Å²) < 4.78 is 18.4. The van der Waals surface area contributed by atoms with Gasteiger partial charge in [0.2, 0.25) is 0 Å². The summed E-state index contributed by atoms with van der Waals surface area (Å²) in [5.74, 6) is -0.506. The van der Waals surface area contributed by atoms with E-state index in [1.54, 1.807) is 0 Å². The quantitative estimate of drug-likeness (QED) is 0.866. The Morgan fingerprint density at radius 2 is 2.30 bits per heavy atom. The van der Waals surface area contributed by atoms with Crippen LogP contribution in [0.1, 0.15) is 35.2 Å². The molecule has 4 nitrogen and oxygen atoms in total. The Morgan fingerprint density at radius 3 is 2.95 bits per heavy atom. The van der Waals surface area contributed by atoms with Crippen LogP contribution in [0.15, 0.2) is 18.2 Å². The lowest BCUT2D eigenvalue weighted by molar-refractivity contribution is 0.0916. The third-order valence-electron chi connectivity index (χ3n) is 3.75. The Hall–Kier alpha value is -1.46. The summed E-state index contributed by atoms with van der Waals surface area (Å²) in [6.07, 6.45) is 2.40. The van der Waals surface area contributed by atoms with E-state index in [0.29, 0.717) is 17.7 Å². The van der Waals surface area contributed by atoms with Crippen molar-refractivity contribution in [2.45, 2.75) is 32.0 Å². The first-order valence-corrected chi connectivity index (χ1v) is 6.85. The van der Waals surface area contributed by atoms with Crippen molar-refractivity contribution < 1.29 is 19.0 Å². The van der Waals surface area contributed by atoms with Crippen molar-refractivity contribution >= 4 is 5.91 Å². The van der Waals surface area contributed by atoms with Gasteiger partial charge >= 0.3 is 0 Å². The van der Waals surface area contributed by atoms with Gasteiger partial charge in [-0.1, -0.05) is 6.42 Å². The molecule has 5 heteroatoms. The third kappa shape index (κ3) is 3.55. The number of carbonyl (C=O) groups excluding carboxylic acids is 1. The van der Waals surface area contributed by atoms with Gasteiger partial charge in [0.25, 0.3) is 5.91 Å². The molecule has 2 N–H and O–H groups in total. The van der Waals surface area contributed by atoms with Crippen LogP contribution in [0.3, 0.4) is 0 Å². The highest BCUT2D eigenvalue weighted by atomic mass is 19.1. The van der Waals surface area contributed by atoms with Crippen molar-refractivity contribution in [2.24, 2.45) is 5.92 Å². The summed E-state index contributed by atoms with van der Waals surface area (Å²) in [5.41, 5.74) is 0.770. The molecular formula is C15H20FNO3. The van der Waals surface area contributed by atoms with Crippen molar-refractivity contribution in [3.8, 4) is 0 Å². The van der Waals surface area contributed by atoms with Crippen molar-refractivity contribution in [1.82, 2.24) is 5.32 Å². The van der Waals surface area contributed by atoms with Crippen molar-refractivity contribution in [2.75, 3.05) is 13.7 Å². The SMILES string of the molecule is COCc1cc(C(=O)NCC2CCCC2O)ccc1F. The van der Waals surface area contributed by atoms with E-state index < -0.39 is 0 Å². The molecule has 0 saturated heterocycles. The van der Waals surface area contributed by atoms with Gasteiger partial charge in [-0.3, -0.25) is 4.79 Å². The lowest BCUT2D eigenvalue weighted by atomic mass is 10.1. The minimum atomic E-state index is -0.380. The van der Waals surface area contributed by atoms with Gasteiger partial charge in [0.15, 0.2) is 0 Å². The molecule has 1 aromatic rings. The molecule has 0 bridgehead atoms. The van der Waals surface area contributed by atoms with Crippen molar-refractivity contribution in [3.05, 3.63) is 35.1 Å². The van der Waals surface area contributed by atoms with E-state index in [0.717, 1.165) is 19.3 Å². The molecule has 2 atom stereocenters. The van der Waals surface area contributed by atoms with Gasteiger partial charge < -0.3 is 15.2 Å². The van der Waals surface area contributed by atoms with Crippen LogP contribution < -0.4 is 5.32 Å². The topological polar surface area (TPSA) is 58.6 Å². The number of halogens is 1. The Labute approximate surface area is 117 Å². The summed E-state index contributed by atoms with van der Waals surface area (Å²) in [4.78, 5) is 12.0. The van der Waals surface area contributed by atoms with Crippen LogP contribution in [0, 0.1) is 11.7 Å². The van der Waals surface area contributed by atoms with Gasteiger partial charge in [0.1, 0.15) is 5.82 Å². The van der Waals surface area contributed by atoms with Gasteiger partial charge in [-0.25, -0.2) is 4.39 Å². The zero-order chi connectivity index (χ0) is 14.5. The molecule has 0 aromatic heterocycles. The number of hydrogen-bond acceptors (Lipinski definition) is 3. The van der Waals surface area contributed by atoms with E-state index in [4.69, 9.17) is 4.74 Å². The molecular weight excluding hydrogens is 261 g/mol. The monoisotopic (exact) mass is 281 g/mol. The summed E-state index contributed by atoms with van der Waals surface area (Å²) in [5, 5.41) is 12.5. The van der Waals surface area contributed by atoms with Crippen LogP contribution in [0.25, 0.3) is 0 Å². The standard InChI is InChI=1S/C15H20FNO3/c1-20-9-12-7-10(5-6-13(12)16)15(19)17-8-11-3-2-4-14(11)18/h5-7,11,14,18H,2-4,8-9H2,1H3,(H,17,19). The number of ether oxygens (including phenoxy) is 1. The number of nitrogens with one attached hydrogen (secondary N) is 1. The van der Waals surface area contributed by atoms with Crippen LogP contribution >= 0.6 is 0 Å². The Kier molecular flexibility index (Phi) is 5.09. The second-order valence-corrected chi connectivity index (χ2v) is 5.21. The Bertz CT molecular complexity index is 478. The maximum absolute atomic E-state index is 13.5. The number of aliphatic hydroxyl groups is 1. The molecule has 1 aromatic carbocycles. The van der Waals surface area contributed by atoms with Crippen LogP contribution in [-0.2, 0) is 11.3 Å². The fourth-order valence-corrected chi connectivity index (χ4v) is 2.56. The second-order valence-electron chi connectivity index (χ2n) is 5.21. The summed E-state index contributed by atoms with van der Waals surface area (Å²) in [6.45, 7) is 0.589. The predicted octanol–water partition coefficient (Wildman–Crippen LogP) is 1.86. The number of hydrogen-bond donors (Lipinski definition) is 2. The number of carbonyl (C=O) groups is 1. The molecule has 110 valence electrons. The molecule has 2 rings (SSSR count). The molecule has 1 saturated carbocycles. The molecule has 0 spiro atoms. The van der Waals surface area contributed by atoms with E-state index >= 15 is 0 Å². The zero-order valence-electron chi connectivity index (χ0n) is 11.6. The summed E-state index contributed by atoms with van der Waals surface area (Å²) >= 11 is 0. The van der Waals surface area contributed by atoms with Gasteiger partial charge in [-0.2, -0.15) is 0 Å². The molecule has 0 radical (unpaired) electrons. The molecule has 1 fully saturated rings. The number of amides is 1. The number of aliphatic hydroxyl groups excluding tert-OH is 1. The van der Waals surface area contributed by atoms with E-state index in [1.165, 1.54) is 25.3 Å². The molecule has 0 aliphatic heterocycles. The zero-order valence-corrected chi connectivity index (χ0v) is 11.6. The van der Waals surface area contributed by atoms with Crippen LogP contribution in [0.2, 0.25) is 0 Å². The molecule has 1 aliphatic rings. The Morgan fingerprint density at radius 1 is 1.50 bits per heavy atom. The highest BCUT2D eigenvalue weighted by molar-refractivity contribution is 5.94. The highest BCUT2D eigenvalue weighted by Gasteiger charge is 2.25. The van der Waals surface area contributed by atoms with E-state index in [2.05, 4.69) is 5.32 Å². The lowest BCUT2D eigenvalue weighted by Gasteiger charge is -2.15. The minimum absolute atomic E-state index is 0.123. The van der Waals surface area contributed by atoms with Crippen LogP contribution in [0.4, 0.5) is 4.39 Å². The van der Waals surface area contributed by atoms with Gasteiger partial charge in [0, 0.05) is 30.7 Å². The average molecular weight is 281 g/mol. The molecule has 2 unspecified atom stereocenters. The summed E-state index contributed by atoms with van der Waals surface area (Å²) in [7, 11) is 1.48. The molecule has 1 amide bonds. The third-order valence-corrected chi connectivity index (χ3v) is 3.75. The number of rotatable bonds is 5. The molecule has 1 aliphatic carbocycles. The molecule has 20 heavy (non-hydrogen) atoms. The first kappa shape index (κ1) is 14.9. The van der Waals surface area contributed by atoms with Crippen molar-refractivity contribution in [3.63, 3.8) is 0 Å². The predicted molar refractivity (Wildman–Crippen MR) is 72.8 cm³/mol. The van der Waals surface area contributed by atoms with E-state index in [-0.39, 0.29) is 30.4 Å². The van der Waals surface area contributed by atoms with Gasteiger partial charge in [-0.05, 0) is 31.0 Å². The second kappa shape index (κ2) is 6.81. The fraction of sp³-hybridized carbons (Fsp3) is 0.533. The number of benzene rings is 1. The van der Waals surface area contributed by atoms with E-state index in [1.807, 2.05) is 0 Å². The average Bonchev–Trinajstić information content (AvgIpc) is 2.84. The molecule has 0 heterocycles. The Balaban J connectivity index is 1.96. The lowest BCUT2D eigenvalue weighted by Crippen LogP contribution is -2.32. The first-order valence-electron chi connectivity index (χ1n) is 6.85. The van der Waals surface area contributed by atoms with Gasteiger partial charge in [0.05, 0.1) is 12.7 Å². The normalized spacial score (nSPS) is 21.9. The van der Waals surface area contributed by atoms with Crippen LogP contribution in [-0.4, -0.2) is 30.8 Å². The van der Waals surface area contributed by atoms with Crippen LogP contribution in [0.5, 0.6) is 0 Å². The maximum atomic E-state index is 13.5. The minimum Gasteiger partial charge on any atom is -0.393 e. The maximum Gasteiger partial charge on any atom is 0.251 e. The fourth-order valence-electron chi connectivity index (χ4n) is 2.56. The first-order chi connectivity index (χ1) is 9.61. The van der Waals surface area contributed by atoms with E-state index in [9.17, 15) is 14.3 Å².